The number of carbonyl (C=O) groups is 1. The van der Waals surface area contributed by atoms with E-state index in [9.17, 15) is 4.79 Å². The van der Waals surface area contributed by atoms with Crippen LogP contribution >= 0.6 is 0 Å². The molecule has 1 aromatic heterocycles. The molecule has 0 spiro atoms. The summed E-state index contributed by atoms with van der Waals surface area (Å²) in [5, 5.41) is 24.7. The molecule has 0 aliphatic rings. The monoisotopic (exact) mass is 227 g/mol. The molecular weight excluding hydrogens is 210 g/mol. The van der Waals surface area contributed by atoms with Crippen LogP contribution in [0, 0.1) is 0 Å². The number of nitrogens with zero attached hydrogens (tertiary/aromatic N) is 3. The highest BCUT2D eigenvalue weighted by Crippen LogP contribution is 2.04. The Morgan fingerprint density at radius 2 is 2.06 bits per heavy atom. The molecule has 0 fully saturated rings. The normalized spacial score (nSPS) is 10.6. The number of hydrogen-bond acceptors (Lipinski definition) is 4. The summed E-state index contributed by atoms with van der Waals surface area (Å²) in [6.07, 6.45) is 6.37. The van der Waals surface area contributed by atoms with Gasteiger partial charge in [-0.1, -0.05) is 18.1 Å². The zero-order valence-corrected chi connectivity index (χ0v) is 9.17. The van der Waals surface area contributed by atoms with Crippen LogP contribution in [0.25, 0.3) is 0 Å². The van der Waals surface area contributed by atoms with Gasteiger partial charge < -0.3 is 10.2 Å². The van der Waals surface area contributed by atoms with Crippen LogP contribution in [0.4, 0.5) is 0 Å². The van der Waals surface area contributed by atoms with Gasteiger partial charge in [-0.2, -0.15) is 0 Å². The molecule has 16 heavy (non-hydrogen) atoms. The van der Waals surface area contributed by atoms with Crippen LogP contribution in [-0.2, 0) is 17.8 Å². The van der Waals surface area contributed by atoms with Crippen molar-refractivity contribution in [2.24, 2.45) is 0 Å². The first kappa shape index (κ1) is 12.6. The summed E-state index contributed by atoms with van der Waals surface area (Å²) in [4.78, 5) is 10.4. The third kappa shape index (κ3) is 4.88. The lowest BCUT2D eigenvalue weighted by Crippen LogP contribution is -2.08. The summed E-state index contributed by atoms with van der Waals surface area (Å²) in [6, 6.07) is 0. The summed E-state index contributed by atoms with van der Waals surface area (Å²) >= 11 is 0. The fourth-order valence-corrected chi connectivity index (χ4v) is 1.44. The van der Waals surface area contributed by atoms with Gasteiger partial charge in [-0.3, -0.25) is 4.79 Å². The molecule has 2 N–H and O–H groups in total. The average molecular weight is 227 g/mol. The van der Waals surface area contributed by atoms with Gasteiger partial charge in [0.25, 0.3) is 0 Å². The summed E-state index contributed by atoms with van der Waals surface area (Å²) in [5.74, 6) is -0.917. The molecule has 1 heterocycles. The van der Waals surface area contributed by atoms with Crippen LogP contribution in [0.2, 0.25) is 0 Å². The highest BCUT2D eigenvalue weighted by atomic mass is 16.4. The molecule has 0 saturated carbocycles. The largest absolute Gasteiger partial charge is 0.480 e. The van der Waals surface area contributed by atoms with Crippen LogP contribution in [0.3, 0.4) is 0 Å². The summed E-state index contributed by atoms with van der Waals surface area (Å²) in [7, 11) is 0. The van der Waals surface area contributed by atoms with Gasteiger partial charge in [0.2, 0.25) is 0 Å². The molecule has 0 aliphatic heterocycles. The van der Waals surface area contributed by atoms with E-state index in [0.717, 1.165) is 37.8 Å². The Hall–Kier alpha value is -1.43. The van der Waals surface area contributed by atoms with Crippen molar-refractivity contribution in [3.8, 4) is 0 Å². The van der Waals surface area contributed by atoms with Gasteiger partial charge in [-0.15, -0.1) is 5.10 Å². The number of hydrogen-bond donors (Lipinski definition) is 2. The Bertz CT molecular complexity index is 325. The fraction of sp³-hybridized carbons (Fsp3) is 0.700. The van der Waals surface area contributed by atoms with Crippen molar-refractivity contribution in [1.82, 2.24) is 15.0 Å². The lowest BCUT2D eigenvalue weighted by Gasteiger charge is -1.96. The molecule has 0 amide bonds. The highest BCUT2D eigenvalue weighted by Gasteiger charge is 2.03. The van der Waals surface area contributed by atoms with Crippen LogP contribution in [0.15, 0.2) is 6.20 Å². The minimum Gasteiger partial charge on any atom is -0.480 e. The van der Waals surface area contributed by atoms with Crippen molar-refractivity contribution in [3.63, 3.8) is 0 Å². The number of carboxylic acids is 1. The van der Waals surface area contributed by atoms with Crippen molar-refractivity contribution in [2.45, 2.75) is 38.6 Å². The molecule has 0 unspecified atom stereocenters. The van der Waals surface area contributed by atoms with Crippen LogP contribution < -0.4 is 0 Å². The van der Waals surface area contributed by atoms with Crippen molar-refractivity contribution in [3.05, 3.63) is 11.9 Å². The van der Waals surface area contributed by atoms with Crippen molar-refractivity contribution in [1.29, 1.82) is 0 Å². The van der Waals surface area contributed by atoms with Crippen LogP contribution in [0.1, 0.15) is 31.4 Å². The van der Waals surface area contributed by atoms with Crippen molar-refractivity contribution < 1.29 is 15.0 Å². The Labute approximate surface area is 93.9 Å². The maximum absolute atomic E-state index is 10.4. The zero-order chi connectivity index (χ0) is 11.8. The van der Waals surface area contributed by atoms with E-state index in [-0.39, 0.29) is 13.2 Å². The Balaban J connectivity index is 2.21. The standard InChI is InChI=1S/C10H17N3O3/c14-6-4-2-1-3-5-9-7-13(12-11-9)8-10(15)16/h7,14H,1-6,8H2,(H,15,16). The number of carboxylic acid groups (broad SMARTS) is 1. The van der Waals surface area contributed by atoms with Gasteiger partial charge in [-0.05, 0) is 19.3 Å². The molecule has 1 rings (SSSR count). The first-order chi connectivity index (χ1) is 7.72. The Morgan fingerprint density at radius 1 is 1.31 bits per heavy atom. The summed E-state index contributed by atoms with van der Waals surface area (Å²) in [6.45, 7) is 0.103. The van der Waals surface area contributed by atoms with Gasteiger partial charge in [0.15, 0.2) is 0 Å². The third-order valence-corrected chi connectivity index (χ3v) is 2.22. The molecule has 0 radical (unpaired) electrons. The maximum atomic E-state index is 10.4. The summed E-state index contributed by atoms with van der Waals surface area (Å²) < 4.78 is 1.32. The maximum Gasteiger partial charge on any atom is 0.325 e. The van der Waals surface area contributed by atoms with E-state index in [1.807, 2.05) is 0 Å². The fourth-order valence-electron chi connectivity index (χ4n) is 1.44. The van der Waals surface area contributed by atoms with Gasteiger partial charge in [0, 0.05) is 12.8 Å². The molecule has 0 aromatic carbocycles. The SMILES string of the molecule is O=C(O)Cn1cc(CCCCCCO)nn1. The topological polar surface area (TPSA) is 88.2 Å². The molecule has 0 atom stereocenters. The third-order valence-electron chi connectivity index (χ3n) is 2.22. The Morgan fingerprint density at radius 3 is 2.75 bits per heavy atom. The first-order valence-electron chi connectivity index (χ1n) is 5.44. The Kier molecular flexibility index (Phi) is 5.49. The van der Waals surface area contributed by atoms with E-state index in [1.54, 1.807) is 6.20 Å². The molecule has 0 bridgehead atoms. The molecule has 0 aliphatic carbocycles. The number of aliphatic hydroxyl groups is 1. The van der Waals surface area contributed by atoms with Gasteiger partial charge in [0.1, 0.15) is 6.54 Å². The lowest BCUT2D eigenvalue weighted by atomic mass is 10.1. The second-order valence-electron chi connectivity index (χ2n) is 3.69. The van der Waals surface area contributed by atoms with Crippen molar-refractivity contribution >= 4 is 5.97 Å². The lowest BCUT2D eigenvalue weighted by molar-refractivity contribution is -0.137. The minimum atomic E-state index is -0.917. The van der Waals surface area contributed by atoms with E-state index in [2.05, 4.69) is 10.3 Å². The van der Waals surface area contributed by atoms with E-state index < -0.39 is 5.97 Å². The predicted octanol–water partition coefficient (Wildman–Crippen LogP) is 0.458. The van der Waals surface area contributed by atoms with Crippen molar-refractivity contribution in [2.75, 3.05) is 6.61 Å². The predicted molar refractivity (Wildman–Crippen MR) is 56.9 cm³/mol. The quantitative estimate of drug-likeness (QED) is 0.630. The van der Waals surface area contributed by atoms with Gasteiger partial charge in [0.05, 0.1) is 5.69 Å². The number of aromatic nitrogens is 3. The second-order valence-corrected chi connectivity index (χ2v) is 3.69. The number of aryl methyl sites for hydroxylation is 1. The van der Waals surface area contributed by atoms with E-state index >= 15 is 0 Å². The van der Waals surface area contributed by atoms with E-state index in [0.29, 0.717) is 0 Å². The average Bonchev–Trinajstić information content (AvgIpc) is 2.64. The smallest absolute Gasteiger partial charge is 0.325 e. The van der Waals surface area contributed by atoms with E-state index in [1.165, 1.54) is 4.68 Å². The number of rotatable bonds is 8. The molecule has 6 heteroatoms. The number of aliphatic hydroxyl groups excluding tert-OH is 1. The first-order valence-corrected chi connectivity index (χ1v) is 5.44. The van der Waals surface area contributed by atoms with Gasteiger partial charge in [-0.25, -0.2) is 4.68 Å². The number of aliphatic carboxylic acids is 1. The minimum absolute atomic E-state index is 0.141. The van der Waals surface area contributed by atoms with Gasteiger partial charge >= 0.3 is 5.97 Å². The molecule has 1 aromatic rings. The van der Waals surface area contributed by atoms with E-state index in [4.69, 9.17) is 10.2 Å². The molecule has 6 nitrogen and oxygen atoms in total. The second kappa shape index (κ2) is 6.95. The molecular formula is C10H17N3O3. The summed E-state index contributed by atoms with van der Waals surface area (Å²) in [5.41, 5.74) is 0.824. The highest BCUT2D eigenvalue weighted by molar-refractivity contribution is 5.66. The number of unbranched alkanes of at least 4 members (excludes halogenated alkanes) is 3. The van der Waals surface area contributed by atoms with Crippen LogP contribution in [-0.4, -0.2) is 37.8 Å². The zero-order valence-electron chi connectivity index (χ0n) is 9.17. The molecule has 0 saturated heterocycles. The van der Waals surface area contributed by atoms with Crippen LogP contribution in [0.5, 0.6) is 0 Å². The molecule has 90 valence electrons.